The second-order valence-electron chi connectivity index (χ2n) is 12.3. The zero-order valence-corrected chi connectivity index (χ0v) is 29.2. The standard InChI is InChI=1S/C34H45ClN2O4S.C2H6O/c1-5-7-26-17-30(35)12-14-31(26)29-19-37(33-16-25(20-38)10-15-34(33)41-22-29)18-27-11-13-32(27)28(21-39)9-6-8-23(2)24(3)42(40)36-4;1-3-2/h6,9-10,12,14-17,20-21,23-24,27-29,32,36H,5,7-8,11,13,18-19,22H2,1-4H3;1-2H3/b9-6+;. The molecular formula is C36H51ClN2O5S. The number of carbonyl (C=O) groups excluding carboxylic acids is 2. The number of rotatable bonds is 14. The first-order valence-electron chi connectivity index (χ1n) is 16.1. The van der Waals surface area contributed by atoms with Crippen LogP contribution >= 0.6 is 11.6 Å². The van der Waals surface area contributed by atoms with Crippen molar-refractivity contribution in [1.29, 1.82) is 0 Å². The molecule has 7 atom stereocenters. The van der Waals surface area contributed by atoms with E-state index in [1.54, 1.807) is 21.3 Å². The van der Waals surface area contributed by atoms with Gasteiger partial charge in [0.15, 0.2) is 0 Å². The topological polar surface area (TPSA) is 84.9 Å². The number of aldehydes is 2. The lowest BCUT2D eigenvalue weighted by molar-refractivity contribution is -0.112. The first-order chi connectivity index (χ1) is 21.7. The maximum atomic E-state index is 12.2. The average molecular weight is 659 g/mol. The van der Waals surface area contributed by atoms with E-state index in [0.29, 0.717) is 18.1 Å². The molecule has 0 amide bonds. The Kier molecular flexibility index (Phi) is 15.3. The molecule has 7 unspecified atom stereocenters. The Hall–Kier alpha value is -2.52. The zero-order valence-electron chi connectivity index (χ0n) is 27.7. The van der Waals surface area contributed by atoms with E-state index in [4.69, 9.17) is 16.3 Å². The average Bonchev–Trinajstić information content (AvgIpc) is 3.21. The number of carbonyl (C=O) groups is 2. The van der Waals surface area contributed by atoms with Crippen LogP contribution in [0.4, 0.5) is 5.69 Å². The van der Waals surface area contributed by atoms with Gasteiger partial charge in [0.25, 0.3) is 0 Å². The third kappa shape index (κ3) is 9.98. The Labute approximate surface area is 277 Å². The summed E-state index contributed by atoms with van der Waals surface area (Å²) in [6.07, 6.45) is 11.0. The number of aryl methyl sites for hydroxylation is 1. The molecule has 4 rings (SSSR count). The van der Waals surface area contributed by atoms with Gasteiger partial charge in [0, 0.05) is 55.0 Å². The highest BCUT2D eigenvalue weighted by Gasteiger charge is 2.38. The van der Waals surface area contributed by atoms with Crippen LogP contribution in [-0.2, 0) is 26.9 Å². The first-order valence-corrected chi connectivity index (χ1v) is 17.6. The summed E-state index contributed by atoms with van der Waals surface area (Å²) in [5, 5.41) is 0.774. The number of nitrogens with one attached hydrogen (secondary N) is 1. The summed E-state index contributed by atoms with van der Waals surface area (Å²) in [6.45, 7) is 8.37. The van der Waals surface area contributed by atoms with Crippen molar-refractivity contribution in [2.45, 2.75) is 64.0 Å². The second-order valence-corrected chi connectivity index (χ2v) is 14.5. The lowest BCUT2D eigenvalue weighted by Gasteiger charge is -2.43. The van der Waals surface area contributed by atoms with E-state index in [1.807, 2.05) is 31.2 Å². The van der Waals surface area contributed by atoms with Crippen LogP contribution in [0.3, 0.4) is 0 Å². The van der Waals surface area contributed by atoms with Gasteiger partial charge in [-0.15, -0.1) is 0 Å². The molecule has 45 heavy (non-hydrogen) atoms. The lowest BCUT2D eigenvalue weighted by atomic mass is 9.67. The number of anilines is 1. The predicted molar refractivity (Wildman–Crippen MR) is 186 cm³/mol. The summed E-state index contributed by atoms with van der Waals surface area (Å²) in [5.74, 6) is 1.64. The van der Waals surface area contributed by atoms with Crippen LogP contribution in [-0.4, -0.2) is 63.0 Å². The van der Waals surface area contributed by atoms with E-state index < -0.39 is 11.0 Å². The van der Waals surface area contributed by atoms with Gasteiger partial charge in [-0.1, -0.05) is 50.1 Å². The monoisotopic (exact) mass is 658 g/mol. The molecule has 1 N–H and O–H groups in total. The Morgan fingerprint density at radius 1 is 1.16 bits per heavy atom. The van der Waals surface area contributed by atoms with Crippen LogP contribution in [0.1, 0.15) is 73.9 Å². The summed E-state index contributed by atoms with van der Waals surface area (Å²) < 4.78 is 25.6. The number of hydrogen-bond donors (Lipinski definition) is 1. The van der Waals surface area contributed by atoms with Gasteiger partial charge in [-0.25, -0.2) is 8.93 Å². The summed E-state index contributed by atoms with van der Waals surface area (Å²) >= 11 is 6.38. The van der Waals surface area contributed by atoms with Gasteiger partial charge < -0.3 is 19.2 Å². The summed E-state index contributed by atoms with van der Waals surface area (Å²) in [4.78, 5) is 26.3. The molecule has 7 nitrogen and oxygen atoms in total. The van der Waals surface area contributed by atoms with Crippen LogP contribution in [0.2, 0.25) is 5.02 Å². The lowest BCUT2D eigenvalue weighted by Crippen LogP contribution is -2.42. The molecule has 2 aromatic rings. The number of nitrogens with zero attached hydrogens (tertiary/aromatic N) is 1. The maximum absolute atomic E-state index is 12.2. The molecular weight excluding hydrogens is 608 g/mol. The SMILES string of the molecule is CCCc1cc(Cl)ccc1C1COc2ccc(C=O)cc2N(CC2CCC2C(C=O)/C=C/CC(C)C(C)S(=O)NC)C1.COC. The minimum Gasteiger partial charge on any atom is -0.491 e. The normalized spacial score (nSPS) is 22.0. The van der Waals surface area contributed by atoms with Crippen molar-refractivity contribution in [1.82, 2.24) is 4.72 Å². The molecule has 1 aliphatic heterocycles. The number of methoxy groups -OCH3 is 1. The van der Waals surface area contributed by atoms with Crippen LogP contribution in [0, 0.1) is 23.7 Å². The molecule has 248 valence electrons. The van der Waals surface area contributed by atoms with Gasteiger partial charge in [-0.3, -0.25) is 4.79 Å². The van der Waals surface area contributed by atoms with E-state index in [9.17, 15) is 13.8 Å². The smallest absolute Gasteiger partial charge is 0.150 e. The molecule has 1 fully saturated rings. The molecule has 0 aromatic heterocycles. The third-order valence-electron chi connectivity index (χ3n) is 9.19. The minimum atomic E-state index is -1.07. The zero-order chi connectivity index (χ0) is 32.9. The highest BCUT2D eigenvalue weighted by Crippen LogP contribution is 2.43. The molecule has 0 bridgehead atoms. The van der Waals surface area contributed by atoms with Crippen LogP contribution in [0.25, 0.3) is 0 Å². The molecule has 0 spiro atoms. The molecule has 0 saturated heterocycles. The van der Waals surface area contributed by atoms with E-state index >= 15 is 0 Å². The van der Waals surface area contributed by atoms with Crippen molar-refractivity contribution >= 4 is 40.8 Å². The van der Waals surface area contributed by atoms with Gasteiger partial charge >= 0.3 is 0 Å². The Bertz CT molecular complexity index is 1300. The Balaban J connectivity index is 0.00000177. The first kappa shape index (κ1) is 36.9. The van der Waals surface area contributed by atoms with Crippen molar-refractivity contribution in [3.63, 3.8) is 0 Å². The van der Waals surface area contributed by atoms with Crippen LogP contribution < -0.4 is 14.4 Å². The highest BCUT2D eigenvalue weighted by atomic mass is 35.5. The summed E-state index contributed by atoms with van der Waals surface area (Å²) in [7, 11) is 3.90. The molecule has 9 heteroatoms. The van der Waals surface area contributed by atoms with Gasteiger partial charge in [-0.2, -0.15) is 0 Å². The minimum absolute atomic E-state index is 0.0267. The summed E-state index contributed by atoms with van der Waals surface area (Å²) in [5.41, 5.74) is 4.08. The van der Waals surface area contributed by atoms with Gasteiger partial charge in [0.1, 0.15) is 18.3 Å². The molecule has 1 heterocycles. The van der Waals surface area contributed by atoms with Crippen molar-refractivity contribution in [2.75, 3.05) is 45.9 Å². The number of ether oxygens (including phenoxy) is 2. The van der Waals surface area contributed by atoms with Gasteiger partial charge in [-0.05, 0) is 98.9 Å². The van der Waals surface area contributed by atoms with E-state index in [1.165, 1.54) is 11.1 Å². The number of halogens is 1. The predicted octanol–water partition coefficient (Wildman–Crippen LogP) is 7.05. The van der Waals surface area contributed by atoms with E-state index in [2.05, 4.69) is 52.5 Å². The fraction of sp³-hybridized carbons (Fsp3) is 0.556. The maximum Gasteiger partial charge on any atom is 0.150 e. The van der Waals surface area contributed by atoms with Crippen molar-refractivity contribution in [3.05, 3.63) is 70.3 Å². The molecule has 0 radical (unpaired) electrons. The van der Waals surface area contributed by atoms with Crippen molar-refractivity contribution in [3.8, 4) is 5.75 Å². The Morgan fingerprint density at radius 2 is 1.91 bits per heavy atom. The van der Waals surface area contributed by atoms with Crippen LogP contribution in [0.5, 0.6) is 5.75 Å². The summed E-state index contributed by atoms with van der Waals surface area (Å²) in [6, 6.07) is 11.8. The van der Waals surface area contributed by atoms with E-state index in [-0.39, 0.29) is 28.9 Å². The Morgan fingerprint density at radius 3 is 2.53 bits per heavy atom. The number of fused-ring (bicyclic) bond motifs is 1. The number of benzene rings is 2. The highest BCUT2D eigenvalue weighted by molar-refractivity contribution is 7.83. The molecule has 2 aromatic carbocycles. The molecule has 1 saturated carbocycles. The number of allylic oxidation sites excluding steroid dienone is 2. The molecule has 1 aliphatic carbocycles. The number of hydrogen-bond acceptors (Lipinski definition) is 6. The van der Waals surface area contributed by atoms with Gasteiger partial charge in [0.05, 0.1) is 23.3 Å². The fourth-order valence-corrected chi connectivity index (χ4v) is 7.44. The third-order valence-corrected chi connectivity index (χ3v) is 11.0. The molecule has 2 aliphatic rings. The fourth-order valence-electron chi connectivity index (χ4n) is 6.34. The van der Waals surface area contributed by atoms with Crippen molar-refractivity contribution < 1.29 is 23.3 Å². The van der Waals surface area contributed by atoms with Gasteiger partial charge in [0.2, 0.25) is 0 Å². The largest absolute Gasteiger partial charge is 0.491 e. The quantitative estimate of drug-likeness (QED) is 0.173. The van der Waals surface area contributed by atoms with Crippen molar-refractivity contribution in [2.24, 2.45) is 23.7 Å². The van der Waals surface area contributed by atoms with E-state index in [0.717, 1.165) is 74.2 Å². The van der Waals surface area contributed by atoms with Crippen LogP contribution in [0.15, 0.2) is 48.6 Å². The second kappa shape index (κ2) is 18.6.